The Morgan fingerprint density at radius 1 is 1.47 bits per heavy atom. The Labute approximate surface area is 98.7 Å². The van der Waals surface area contributed by atoms with Crippen molar-refractivity contribution in [2.24, 2.45) is 10.8 Å². The van der Waals surface area contributed by atoms with Gasteiger partial charge in [-0.25, -0.2) is 4.79 Å². The van der Waals surface area contributed by atoms with Crippen LogP contribution in [0.15, 0.2) is 16.9 Å². The first-order valence-corrected chi connectivity index (χ1v) is 5.35. The number of carbonyl (C=O) groups excluding carboxylic acids is 2. The van der Waals surface area contributed by atoms with Crippen LogP contribution in [0.2, 0.25) is 0 Å². The lowest BCUT2D eigenvalue weighted by molar-refractivity contribution is -0.788. The normalized spacial score (nSPS) is 28.1. The van der Waals surface area contributed by atoms with Crippen molar-refractivity contribution in [1.29, 1.82) is 0 Å². The predicted molar refractivity (Wildman–Crippen MR) is 59.7 cm³/mol. The van der Waals surface area contributed by atoms with Crippen LogP contribution in [0.4, 0.5) is 4.79 Å². The average molecular weight is 239 g/mol. The number of likely N-dealkylation sites (N-methyl/N-ethyl adjacent to an activating group) is 1. The second-order valence-corrected chi connectivity index (χ2v) is 4.02. The predicted octanol–water partition coefficient (Wildman–Crippen LogP) is -0.746. The molecule has 2 rings (SSSR count). The number of nitrogens with zero attached hydrogens (tertiary/aromatic N) is 3. The molecule has 1 fully saturated rings. The molecule has 0 spiro atoms. The fraction of sp³-hybridized carbons (Fsp3) is 0.500. The Balaban J connectivity index is 2.17. The molecule has 7 nitrogen and oxygen atoms in total. The molecular formula is C10H15N4O3+. The molecule has 2 N–H and O–H groups in total. The molecule has 2 aliphatic heterocycles. The number of nitrogens with two attached hydrogens (primary N) is 1. The summed E-state index contributed by atoms with van der Waals surface area (Å²) in [5.74, 6) is -0.216. The van der Waals surface area contributed by atoms with Crippen molar-refractivity contribution in [2.75, 3.05) is 33.4 Å². The fourth-order valence-electron chi connectivity index (χ4n) is 1.81. The maximum Gasteiger partial charge on any atom is 0.445 e. The monoisotopic (exact) mass is 239 g/mol. The van der Waals surface area contributed by atoms with Gasteiger partial charge in [0.2, 0.25) is 5.70 Å². The summed E-state index contributed by atoms with van der Waals surface area (Å²) in [6.07, 6.45) is 2.96. The van der Waals surface area contributed by atoms with E-state index in [1.807, 2.05) is 0 Å². The number of carbonyl (C=O) groups is 2. The van der Waals surface area contributed by atoms with Crippen LogP contribution in [0, 0.1) is 0 Å². The van der Waals surface area contributed by atoms with Gasteiger partial charge in [0.05, 0.1) is 19.4 Å². The van der Waals surface area contributed by atoms with E-state index in [2.05, 4.69) is 5.10 Å². The molecule has 0 bridgehead atoms. The number of rotatable bonds is 1. The summed E-state index contributed by atoms with van der Waals surface area (Å²) in [6, 6.07) is -0.674. The van der Waals surface area contributed by atoms with E-state index in [0.717, 1.165) is 0 Å². The Morgan fingerprint density at radius 2 is 2.12 bits per heavy atom. The minimum atomic E-state index is -0.674. The molecular weight excluding hydrogens is 224 g/mol. The molecule has 0 saturated carbocycles. The zero-order valence-corrected chi connectivity index (χ0v) is 9.63. The van der Waals surface area contributed by atoms with Gasteiger partial charge in [-0.1, -0.05) is 9.69 Å². The van der Waals surface area contributed by atoms with Crippen LogP contribution < -0.4 is 5.73 Å². The summed E-state index contributed by atoms with van der Waals surface area (Å²) in [5, 5.41) is 3.93. The van der Waals surface area contributed by atoms with Gasteiger partial charge in [-0.05, 0) is 0 Å². The first-order valence-electron chi connectivity index (χ1n) is 5.35. The van der Waals surface area contributed by atoms with Crippen LogP contribution in [0.1, 0.15) is 0 Å². The van der Waals surface area contributed by atoms with Gasteiger partial charge in [0.15, 0.2) is 0 Å². The first-order chi connectivity index (χ1) is 8.05. The number of hydrogen-bond donors (Lipinski definition) is 1. The number of ether oxygens (including phenoxy) is 1. The number of quaternary nitrogens is 1. The lowest BCUT2D eigenvalue weighted by atomic mass is 10.3. The van der Waals surface area contributed by atoms with Crippen molar-refractivity contribution in [3.8, 4) is 0 Å². The molecule has 0 radical (unpaired) electrons. The lowest BCUT2D eigenvalue weighted by Crippen LogP contribution is -2.52. The van der Waals surface area contributed by atoms with Crippen molar-refractivity contribution < 1.29 is 18.9 Å². The van der Waals surface area contributed by atoms with Crippen LogP contribution in [0.3, 0.4) is 0 Å². The summed E-state index contributed by atoms with van der Waals surface area (Å²) in [5.41, 5.74) is 5.55. The summed E-state index contributed by atoms with van der Waals surface area (Å²) >= 11 is 0. The molecule has 0 aromatic heterocycles. The van der Waals surface area contributed by atoms with Crippen LogP contribution in [-0.2, 0) is 9.53 Å². The number of morpholine rings is 1. The van der Waals surface area contributed by atoms with Crippen molar-refractivity contribution in [2.45, 2.75) is 0 Å². The van der Waals surface area contributed by atoms with Gasteiger partial charge in [-0.15, -0.1) is 0 Å². The highest BCUT2D eigenvalue weighted by molar-refractivity contribution is 5.98. The Morgan fingerprint density at radius 3 is 2.71 bits per heavy atom. The smallest absolute Gasteiger partial charge is 0.378 e. The zero-order valence-electron chi connectivity index (χ0n) is 9.63. The van der Waals surface area contributed by atoms with Crippen molar-refractivity contribution in [3.63, 3.8) is 0 Å². The quantitative estimate of drug-likeness (QED) is 0.611. The van der Waals surface area contributed by atoms with Gasteiger partial charge in [0.1, 0.15) is 7.05 Å². The number of allylic oxidation sites excluding steroid dienone is 1. The molecule has 2 heterocycles. The molecule has 1 saturated heterocycles. The molecule has 17 heavy (non-hydrogen) atoms. The molecule has 7 heteroatoms. The second-order valence-electron chi connectivity index (χ2n) is 4.02. The van der Waals surface area contributed by atoms with Gasteiger partial charge in [-0.2, -0.15) is 0 Å². The maximum atomic E-state index is 12.2. The number of primary amides is 1. The minimum absolute atomic E-state index is 0.216. The molecule has 92 valence electrons. The number of amides is 3. The van der Waals surface area contributed by atoms with Crippen LogP contribution in [0.5, 0.6) is 0 Å². The molecule has 0 aliphatic carbocycles. The third-order valence-electron chi connectivity index (χ3n) is 2.95. The minimum Gasteiger partial charge on any atom is -0.378 e. The van der Waals surface area contributed by atoms with E-state index in [1.54, 1.807) is 4.90 Å². The Kier molecular flexibility index (Phi) is 2.95. The van der Waals surface area contributed by atoms with Crippen LogP contribution in [-0.4, -0.2) is 61.0 Å². The standard InChI is InChI=1S/C10H14N4O3/c1-14(10(11)16)8(2-3-12-14)9(15)13-4-6-17-7-5-13/h2-3H,4-7H2,1H3,(H-,11,16)/p+1. The van der Waals surface area contributed by atoms with Crippen LogP contribution >= 0.6 is 0 Å². The van der Waals surface area contributed by atoms with Gasteiger partial charge in [0.25, 0.3) is 0 Å². The summed E-state index contributed by atoms with van der Waals surface area (Å²) in [4.78, 5) is 25.2. The molecule has 3 amide bonds. The van der Waals surface area contributed by atoms with Gasteiger partial charge < -0.3 is 15.4 Å². The molecule has 0 aromatic rings. The van der Waals surface area contributed by atoms with E-state index in [4.69, 9.17) is 10.5 Å². The summed E-state index contributed by atoms with van der Waals surface area (Å²) in [7, 11) is 1.50. The van der Waals surface area contributed by atoms with E-state index in [0.29, 0.717) is 26.3 Å². The van der Waals surface area contributed by atoms with E-state index < -0.39 is 10.6 Å². The largest absolute Gasteiger partial charge is 0.445 e. The maximum absolute atomic E-state index is 12.2. The fourth-order valence-corrected chi connectivity index (χ4v) is 1.81. The molecule has 0 aromatic carbocycles. The van der Waals surface area contributed by atoms with E-state index in [1.165, 1.54) is 19.3 Å². The van der Waals surface area contributed by atoms with Crippen LogP contribution in [0.25, 0.3) is 0 Å². The van der Waals surface area contributed by atoms with Crippen molar-refractivity contribution in [3.05, 3.63) is 11.8 Å². The molecule has 1 unspecified atom stereocenters. The van der Waals surface area contributed by atoms with Crippen molar-refractivity contribution >= 4 is 18.2 Å². The number of urea groups is 1. The number of hydrogen-bond acceptors (Lipinski definition) is 4. The third kappa shape index (κ3) is 1.94. The van der Waals surface area contributed by atoms with Crippen molar-refractivity contribution in [1.82, 2.24) is 4.90 Å². The summed E-state index contributed by atoms with van der Waals surface area (Å²) < 4.78 is 4.65. The van der Waals surface area contributed by atoms with Gasteiger partial charge in [0, 0.05) is 19.2 Å². The summed E-state index contributed by atoms with van der Waals surface area (Å²) in [6.45, 7) is 2.07. The van der Waals surface area contributed by atoms with Gasteiger partial charge >= 0.3 is 11.9 Å². The Bertz CT molecular complexity index is 412. The first kappa shape index (κ1) is 11.7. The highest BCUT2D eigenvalue weighted by atomic mass is 16.5. The third-order valence-corrected chi connectivity index (χ3v) is 2.95. The van der Waals surface area contributed by atoms with E-state index in [-0.39, 0.29) is 11.6 Å². The van der Waals surface area contributed by atoms with E-state index in [9.17, 15) is 9.59 Å². The highest BCUT2D eigenvalue weighted by Crippen LogP contribution is 2.22. The molecule has 1 atom stereocenters. The second kappa shape index (κ2) is 4.27. The lowest BCUT2D eigenvalue weighted by Gasteiger charge is -2.29. The van der Waals surface area contributed by atoms with E-state index >= 15 is 0 Å². The average Bonchev–Trinajstić information content (AvgIpc) is 2.73. The van der Waals surface area contributed by atoms with Gasteiger partial charge in [-0.3, -0.25) is 4.79 Å². The molecule has 2 aliphatic rings. The zero-order chi connectivity index (χ0) is 12.5. The highest BCUT2D eigenvalue weighted by Gasteiger charge is 2.44. The Hall–Kier alpha value is -1.73. The topological polar surface area (TPSA) is 85.0 Å². The SMILES string of the molecule is C[N+]1(C(N)=O)N=CC=C1C(=O)N1CCOCC1.